The van der Waals surface area contributed by atoms with Crippen LogP contribution in [0, 0.1) is 0 Å². The Morgan fingerprint density at radius 3 is 1.80 bits per heavy atom. The first kappa shape index (κ1) is 35.8. The minimum Gasteiger partial charge on any atom is -0.456 e. The van der Waals surface area contributed by atoms with Gasteiger partial charge in [0.15, 0.2) is 0 Å². The summed E-state index contributed by atoms with van der Waals surface area (Å²) in [5.74, 6) is 0. The van der Waals surface area contributed by atoms with Crippen molar-refractivity contribution in [3.05, 3.63) is 193 Å². The van der Waals surface area contributed by atoms with Gasteiger partial charge in [-0.2, -0.15) is 0 Å². The van der Waals surface area contributed by atoms with Gasteiger partial charge in [0.25, 0.3) is 0 Å². The van der Waals surface area contributed by atoms with Crippen molar-refractivity contribution < 1.29 is 4.42 Å². The zero-order chi connectivity index (χ0) is 42.8. The number of hydrogen-bond acceptors (Lipinski definition) is 8. The minimum atomic E-state index is -0.0708. The number of anilines is 8. The molecule has 306 valence electrons. The molecule has 0 bridgehead atoms. The summed E-state index contributed by atoms with van der Waals surface area (Å²) in [6, 6.07) is 67.8. The number of fused-ring (bicyclic) bond motifs is 22. The molecule has 10 heteroatoms. The first-order chi connectivity index (χ1) is 32.7. The molecule has 66 heavy (non-hydrogen) atoms. The Labute approximate surface area is 392 Å². The zero-order valence-electron chi connectivity index (χ0n) is 35.1. The van der Waals surface area contributed by atoms with Crippen LogP contribution in [0.5, 0.6) is 0 Å². The smallest absolute Gasteiger partial charge is 0.421 e. The van der Waals surface area contributed by atoms with Gasteiger partial charge >= 0.3 is 14.0 Å². The molecule has 0 fully saturated rings. The van der Waals surface area contributed by atoms with E-state index in [-0.39, 0.29) is 14.0 Å². The Bertz CT molecular complexity index is 4060. The molecule has 0 saturated heterocycles. The molecule has 0 spiro atoms. The van der Waals surface area contributed by atoms with Gasteiger partial charge < -0.3 is 23.7 Å². The molecule has 0 aliphatic carbocycles. The Morgan fingerprint density at radius 1 is 0.364 bits per heavy atom. The van der Waals surface area contributed by atoms with Crippen LogP contribution in [0.4, 0.5) is 45.5 Å². The molecule has 8 aromatic carbocycles. The summed E-state index contributed by atoms with van der Waals surface area (Å²) < 4.78 is 8.94. The third kappa shape index (κ3) is 4.70. The number of benzene rings is 8. The first-order valence-electron chi connectivity index (χ1n) is 22.4. The van der Waals surface area contributed by atoms with Gasteiger partial charge in [0, 0.05) is 53.7 Å². The predicted octanol–water partition coefficient (Wildman–Crippen LogP) is 15.1. The molecule has 4 aromatic heterocycles. The van der Waals surface area contributed by atoms with Crippen molar-refractivity contribution in [3.8, 4) is 32.0 Å². The molecule has 0 N–H and O–H groups in total. The predicted molar refractivity (Wildman–Crippen MR) is 284 cm³/mol. The highest BCUT2D eigenvalue weighted by Crippen LogP contribution is 2.56. The summed E-state index contributed by atoms with van der Waals surface area (Å²) in [5, 5.41) is 9.39. The number of thiophene rings is 3. The quantitative estimate of drug-likeness (QED) is 0.165. The molecule has 16 rings (SSSR count). The van der Waals surface area contributed by atoms with Crippen LogP contribution in [0.1, 0.15) is 0 Å². The van der Waals surface area contributed by atoms with E-state index in [0.717, 1.165) is 27.6 Å². The van der Waals surface area contributed by atoms with Gasteiger partial charge in [0.05, 0.1) is 32.5 Å². The maximum absolute atomic E-state index is 6.30. The number of furan rings is 1. The van der Waals surface area contributed by atoms with Crippen LogP contribution >= 0.6 is 34.0 Å². The molecule has 5 nitrogen and oxygen atoms in total. The van der Waals surface area contributed by atoms with Gasteiger partial charge in [-0.25, -0.2) is 0 Å². The van der Waals surface area contributed by atoms with Crippen LogP contribution in [0.25, 0.3) is 74.1 Å². The van der Waals surface area contributed by atoms with Gasteiger partial charge in [-0.05, 0) is 135 Å². The Balaban J connectivity index is 0.872. The molecule has 12 aromatic rings. The molecule has 0 amide bonds. The Kier molecular flexibility index (Phi) is 7.10. The molecule has 0 unspecified atom stereocenters. The number of rotatable bonds is 3. The third-order valence-corrected chi connectivity index (χ3v) is 17.4. The number of hydrogen-bond donors (Lipinski definition) is 0. The third-order valence-electron chi connectivity index (χ3n) is 14.4. The lowest BCUT2D eigenvalue weighted by atomic mass is 9.60. The monoisotopic (exact) mass is 894 g/mol. The normalized spacial score (nSPS) is 14.2. The maximum atomic E-state index is 6.30. The van der Waals surface area contributed by atoms with Crippen LogP contribution in [0.15, 0.2) is 197 Å². The van der Waals surface area contributed by atoms with E-state index in [9.17, 15) is 0 Å². The average molecular weight is 895 g/mol. The van der Waals surface area contributed by atoms with E-state index in [4.69, 9.17) is 4.42 Å². The van der Waals surface area contributed by atoms with Crippen LogP contribution in [-0.4, -0.2) is 14.0 Å². The van der Waals surface area contributed by atoms with E-state index in [1.807, 2.05) is 40.1 Å². The molecule has 4 aliphatic heterocycles. The fourth-order valence-electron chi connectivity index (χ4n) is 11.6. The molecular weight excluding hydrogens is 862 g/mol. The van der Waals surface area contributed by atoms with Crippen LogP contribution < -0.4 is 30.2 Å². The lowest BCUT2D eigenvalue weighted by Crippen LogP contribution is -2.55. The second kappa shape index (κ2) is 13.1. The second-order valence-electron chi connectivity index (χ2n) is 17.6. The number of para-hydroxylation sites is 3. The van der Waals surface area contributed by atoms with E-state index < -0.39 is 0 Å². The molecule has 0 atom stereocenters. The van der Waals surface area contributed by atoms with Crippen LogP contribution in [0.2, 0.25) is 0 Å². The van der Waals surface area contributed by atoms with Gasteiger partial charge in [-0.1, -0.05) is 91.0 Å². The van der Waals surface area contributed by atoms with E-state index in [2.05, 4.69) is 206 Å². The molecule has 4 aliphatic rings. The zero-order valence-corrected chi connectivity index (χ0v) is 37.5. The highest BCUT2D eigenvalue weighted by atomic mass is 32.1. The lowest BCUT2D eigenvalue weighted by Gasteiger charge is -2.35. The van der Waals surface area contributed by atoms with Crippen molar-refractivity contribution in [3.63, 3.8) is 0 Å². The molecule has 0 saturated carbocycles. The van der Waals surface area contributed by atoms with Gasteiger partial charge in [0.2, 0.25) is 0 Å². The summed E-state index contributed by atoms with van der Waals surface area (Å²) in [5.41, 5.74) is 19.2. The first-order valence-corrected chi connectivity index (χ1v) is 24.9. The highest BCUT2D eigenvalue weighted by molar-refractivity contribution is 7.25. The topological polar surface area (TPSA) is 26.1 Å². The summed E-state index contributed by atoms with van der Waals surface area (Å²) in [6.45, 7) is -0.105. The van der Waals surface area contributed by atoms with Crippen molar-refractivity contribution in [2.75, 3.05) is 19.2 Å². The van der Waals surface area contributed by atoms with Crippen LogP contribution in [0.3, 0.4) is 0 Å². The molecule has 0 radical (unpaired) electrons. The standard InChI is InChI=1S/C56H32B2N4OS3/c1-4-12-43-39(11-1)55-48(25-27-64-55)62-47-22-18-34(30-50(47)60(57(43)62)36-20-24-54-41(32-36)38-10-3-8-16-53(38)66-54)33-17-21-44-42(29-33)56-49(26-28-65-56)61-46-14-6-5-13-45(46)59(58(44)61)35-19-23-52-40(31-35)37-9-2-7-15-51(37)63-52/h1-32H. The molecular formula is C56H32B2N4OS3. The SMILES string of the molecule is c1ccc2c(c1)B1N(c3ccc4sc5ccccc5c4c3)c3cc(-c4ccc5c(c4)-c4sccc4N4B5N(c5ccc6oc7ccccc7c6c5)c5ccccc54)ccc3N1c1ccsc1-2. The van der Waals surface area contributed by atoms with E-state index in [1.54, 1.807) is 0 Å². The summed E-state index contributed by atoms with van der Waals surface area (Å²) in [4.78, 5) is 12.9. The van der Waals surface area contributed by atoms with E-state index in [1.165, 1.54) is 103 Å². The van der Waals surface area contributed by atoms with Crippen molar-refractivity contribution in [2.45, 2.75) is 0 Å². The maximum Gasteiger partial charge on any atom is 0.421 e. The fourth-order valence-corrected chi connectivity index (χ4v) is 14.5. The second-order valence-corrected chi connectivity index (χ2v) is 20.6. The number of nitrogens with zero attached hydrogens (tertiary/aromatic N) is 4. The van der Waals surface area contributed by atoms with Crippen molar-refractivity contribution in [1.82, 2.24) is 0 Å². The van der Waals surface area contributed by atoms with Crippen molar-refractivity contribution in [2.24, 2.45) is 0 Å². The summed E-state index contributed by atoms with van der Waals surface area (Å²) >= 11 is 5.54. The average Bonchev–Trinajstić information content (AvgIpc) is 4.24. The summed E-state index contributed by atoms with van der Waals surface area (Å²) in [6.07, 6.45) is 0. The van der Waals surface area contributed by atoms with Crippen LogP contribution in [-0.2, 0) is 0 Å². The lowest BCUT2D eigenvalue weighted by molar-refractivity contribution is 0.669. The van der Waals surface area contributed by atoms with Crippen molar-refractivity contribution in [1.29, 1.82) is 0 Å². The van der Waals surface area contributed by atoms with E-state index >= 15 is 0 Å². The molecule has 8 heterocycles. The Hall–Kier alpha value is -7.49. The summed E-state index contributed by atoms with van der Waals surface area (Å²) in [7, 11) is 0. The van der Waals surface area contributed by atoms with Gasteiger partial charge in [-0.15, -0.1) is 34.0 Å². The van der Waals surface area contributed by atoms with Gasteiger partial charge in [-0.3, -0.25) is 0 Å². The largest absolute Gasteiger partial charge is 0.456 e. The Morgan fingerprint density at radius 2 is 0.955 bits per heavy atom. The highest BCUT2D eigenvalue weighted by Gasteiger charge is 2.50. The minimum absolute atomic E-state index is 0.0340. The van der Waals surface area contributed by atoms with Crippen molar-refractivity contribution >= 4 is 147 Å². The van der Waals surface area contributed by atoms with Gasteiger partial charge in [0.1, 0.15) is 11.2 Å². The van der Waals surface area contributed by atoms with E-state index in [0.29, 0.717) is 0 Å². The fraction of sp³-hybridized carbons (Fsp3) is 0.